The molecule has 3 aromatic rings. The van der Waals surface area contributed by atoms with E-state index in [4.69, 9.17) is 0 Å². The number of hydrogen-bond donors (Lipinski definition) is 1. The first-order valence-corrected chi connectivity index (χ1v) is 12.1. The van der Waals surface area contributed by atoms with Gasteiger partial charge in [0, 0.05) is 24.7 Å². The lowest BCUT2D eigenvalue weighted by atomic mass is 10.0. The summed E-state index contributed by atoms with van der Waals surface area (Å²) in [5, 5.41) is 11.8. The van der Waals surface area contributed by atoms with Crippen LogP contribution < -0.4 is 5.32 Å². The maximum absolute atomic E-state index is 14.1. The zero-order valence-electron chi connectivity index (χ0n) is 16.8. The van der Waals surface area contributed by atoms with E-state index in [0.717, 1.165) is 29.4 Å². The molecule has 1 amide bonds. The third-order valence-corrected chi connectivity index (χ3v) is 8.20. The number of aromatic nitrogens is 2. The van der Waals surface area contributed by atoms with Crippen molar-refractivity contribution in [2.45, 2.75) is 30.6 Å². The summed E-state index contributed by atoms with van der Waals surface area (Å²) in [7, 11) is -3.95. The number of rotatable bonds is 5. The van der Waals surface area contributed by atoms with E-state index >= 15 is 0 Å². The molecule has 162 valence electrons. The van der Waals surface area contributed by atoms with Gasteiger partial charge in [0.25, 0.3) is 5.91 Å². The quantitative estimate of drug-likeness (QED) is 0.625. The molecule has 0 aliphatic carbocycles. The van der Waals surface area contributed by atoms with E-state index in [1.807, 2.05) is 31.2 Å². The van der Waals surface area contributed by atoms with Gasteiger partial charge >= 0.3 is 0 Å². The van der Waals surface area contributed by atoms with Gasteiger partial charge in [-0.1, -0.05) is 41.7 Å². The number of benzene rings is 2. The Morgan fingerprint density at radius 1 is 1.16 bits per heavy atom. The molecule has 0 radical (unpaired) electrons. The third-order valence-electron chi connectivity index (χ3n) is 5.22. The van der Waals surface area contributed by atoms with Crippen LogP contribution in [-0.2, 0) is 10.0 Å². The molecular formula is C21H21FN4O3S2. The highest BCUT2D eigenvalue weighted by Gasteiger charge is 2.34. The Morgan fingerprint density at radius 3 is 2.68 bits per heavy atom. The Labute approximate surface area is 184 Å². The lowest BCUT2D eigenvalue weighted by molar-refractivity contribution is 0.102. The maximum Gasteiger partial charge on any atom is 0.286 e. The summed E-state index contributed by atoms with van der Waals surface area (Å²) < 4.78 is 41.2. The number of piperidine rings is 1. The monoisotopic (exact) mass is 460 g/mol. The molecule has 10 heteroatoms. The Kier molecular flexibility index (Phi) is 6.12. The zero-order valence-corrected chi connectivity index (χ0v) is 18.4. The van der Waals surface area contributed by atoms with Crippen molar-refractivity contribution < 1.29 is 17.6 Å². The average Bonchev–Trinajstić information content (AvgIpc) is 3.26. The summed E-state index contributed by atoms with van der Waals surface area (Å²) in [6.07, 6.45) is 1.33. The largest absolute Gasteiger partial charge is 0.320 e. The van der Waals surface area contributed by atoms with Crippen LogP contribution in [0, 0.1) is 12.7 Å². The van der Waals surface area contributed by atoms with Gasteiger partial charge in [0.1, 0.15) is 15.7 Å². The summed E-state index contributed by atoms with van der Waals surface area (Å²) in [4.78, 5) is 12.2. The number of nitrogens with one attached hydrogen (secondary N) is 1. The van der Waals surface area contributed by atoms with Crippen LogP contribution in [-0.4, -0.2) is 41.9 Å². The van der Waals surface area contributed by atoms with E-state index in [-0.39, 0.29) is 28.3 Å². The van der Waals surface area contributed by atoms with Crippen LogP contribution in [0.25, 0.3) is 0 Å². The van der Waals surface area contributed by atoms with Crippen molar-refractivity contribution in [3.63, 3.8) is 0 Å². The molecular weight excluding hydrogens is 439 g/mol. The second-order valence-electron chi connectivity index (χ2n) is 7.35. The molecule has 1 unspecified atom stereocenters. The molecule has 7 nitrogen and oxygen atoms in total. The fourth-order valence-corrected chi connectivity index (χ4v) is 5.99. The molecule has 2 aromatic carbocycles. The Hall–Kier alpha value is -2.69. The van der Waals surface area contributed by atoms with Gasteiger partial charge in [-0.15, -0.1) is 10.2 Å². The second-order valence-corrected chi connectivity index (χ2v) is 10.3. The molecule has 1 aliphatic heterocycles. The normalized spacial score (nSPS) is 17.4. The highest BCUT2D eigenvalue weighted by molar-refractivity contribution is 7.89. The van der Waals surface area contributed by atoms with Gasteiger partial charge in [-0.25, -0.2) is 12.8 Å². The van der Waals surface area contributed by atoms with Crippen molar-refractivity contribution in [3.05, 3.63) is 69.9 Å². The third kappa shape index (κ3) is 4.51. The van der Waals surface area contributed by atoms with Crippen molar-refractivity contribution in [2.75, 3.05) is 18.4 Å². The van der Waals surface area contributed by atoms with Crippen molar-refractivity contribution in [1.29, 1.82) is 0 Å². The number of sulfonamides is 1. The van der Waals surface area contributed by atoms with Crippen LogP contribution in [0.2, 0.25) is 0 Å². The highest BCUT2D eigenvalue weighted by atomic mass is 32.2. The molecule has 0 spiro atoms. The minimum absolute atomic E-state index is 0.171. The molecule has 0 bridgehead atoms. The molecule has 1 N–H and O–H groups in total. The number of nitrogens with zero attached hydrogens (tertiary/aromatic N) is 3. The van der Waals surface area contributed by atoms with Gasteiger partial charge in [-0.3, -0.25) is 4.79 Å². The standard InChI is InChI=1S/C21H21FN4O3S2/c1-14-7-2-4-10-17(14)23-19(27)21-25-24-20(30-21)15-8-6-12-26(13-15)31(28,29)18-11-5-3-9-16(18)22/h2-5,7,9-11,15H,6,8,12-13H2,1H3,(H,23,27). The van der Waals surface area contributed by atoms with Crippen LogP contribution in [0.15, 0.2) is 53.4 Å². The van der Waals surface area contributed by atoms with E-state index < -0.39 is 15.8 Å². The molecule has 1 saturated heterocycles. The molecule has 1 aliphatic rings. The number of carbonyl (C=O) groups excluding carboxylic acids is 1. The fourth-order valence-electron chi connectivity index (χ4n) is 3.54. The number of aryl methyl sites for hydroxylation is 1. The van der Waals surface area contributed by atoms with Crippen molar-refractivity contribution in [1.82, 2.24) is 14.5 Å². The molecule has 2 heterocycles. The highest BCUT2D eigenvalue weighted by Crippen LogP contribution is 2.32. The zero-order chi connectivity index (χ0) is 22.0. The summed E-state index contributed by atoms with van der Waals surface area (Å²) >= 11 is 1.15. The smallest absolute Gasteiger partial charge is 0.286 e. The Morgan fingerprint density at radius 2 is 1.90 bits per heavy atom. The Bertz CT molecular complexity index is 1210. The predicted molar refractivity (Wildman–Crippen MR) is 116 cm³/mol. The molecule has 1 fully saturated rings. The first kappa shape index (κ1) is 21.5. The fraction of sp³-hybridized carbons (Fsp3) is 0.286. The first-order chi connectivity index (χ1) is 14.9. The number of amides is 1. The van der Waals surface area contributed by atoms with E-state index in [0.29, 0.717) is 23.7 Å². The Balaban J connectivity index is 1.50. The van der Waals surface area contributed by atoms with Crippen LogP contribution in [0.1, 0.15) is 39.1 Å². The first-order valence-electron chi connectivity index (χ1n) is 9.81. The van der Waals surface area contributed by atoms with Crippen LogP contribution in [0.4, 0.5) is 10.1 Å². The van der Waals surface area contributed by atoms with Gasteiger partial charge in [-0.05, 0) is 43.5 Å². The summed E-state index contributed by atoms with van der Waals surface area (Å²) in [6.45, 7) is 2.38. The SMILES string of the molecule is Cc1ccccc1NC(=O)c1nnc(C2CCCN(S(=O)(=O)c3ccccc3F)C2)s1. The number of anilines is 1. The minimum Gasteiger partial charge on any atom is -0.320 e. The summed E-state index contributed by atoms with van der Waals surface area (Å²) in [6, 6.07) is 12.8. The van der Waals surface area contributed by atoms with Gasteiger partial charge in [0.05, 0.1) is 0 Å². The van der Waals surface area contributed by atoms with E-state index in [1.54, 1.807) is 0 Å². The van der Waals surface area contributed by atoms with E-state index in [1.165, 1.54) is 22.5 Å². The van der Waals surface area contributed by atoms with Crippen LogP contribution in [0.3, 0.4) is 0 Å². The van der Waals surface area contributed by atoms with Crippen molar-refractivity contribution in [3.8, 4) is 0 Å². The molecule has 0 saturated carbocycles. The van der Waals surface area contributed by atoms with Gasteiger partial charge in [0.15, 0.2) is 0 Å². The van der Waals surface area contributed by atoms with Gasteiger partial charge in [-0.2, -0.15) is 4.31 Å². The topological polar surface area (TPSA) is 92.3 Å². The maximum atomic E-state index is 14.1. The average molecular weight is 461 g/mol. The van der Waals surface area contributed by atoms with Crippen molar-refractivity contribution in [2.24, 2.45) is 0 Å². The molecule has 1 atom stereocenters. The van der Waals surface area contributed by atoms with Crippen LogP contribution >= 0.6 is 11.3 Å². The predicted octanol–water partition coefficient (Wildman–Crippen LogP) is 3.81. The lowest BCUT2D eigenvalue weighted by Crippen LogP contribution is -2.39. The summed E-state index contributed by atoms with van der Waals surface area (Å²) in [5.74, 6) is -1.33. The lowest BCUT2D eigenvalue weighted by Gasteiger charge is -2.30. The van der Waals surface area contributed by atoms with E-state index in [2.05, 4.69) is 15.5 Å². The number of para-hydroxylation sites is 1. The van der Waals surface area contributed by atoms with E-state index in [9.17, 15) is 17.6 Å². The molecule has 31 heavy (non-hydrogen) atoms. The number of hydrogen-bond acceptors (Lipinski definition) is 6. The van der Waals surface area contributed by atoms with Gasteiger partial charge in [0.2, 0.25) is 15.0 Å². The minimum atomic E-state index is -3.95. The second kappa shape index (κ2) is 8.81. The number of carbonyl (C=O) groups is 1. The van der Waals surface area contributed by atoms with Crippen molar-refractivity contribution >= 4 is 33.0 Å². The molecule has 1 aromatic heterocycles. The number of halogens is 1. The van der Waals surface area contributed by atoms with Crippen LogP contribution in [0.5, 0.6) is 0 Å². The van der Waals surface area contributed by atoms with Gasteiger partial charge < -0.3 is 5.32 Å². The molecule has 4 rings (SSSR count). The summed E-state index contributed by atoms with van der Waals surface area (Å²) in [5.41, 5.74) is 1.63.